The Bertz CT molecular complexity index is 780. The number of aryl methyl sites for hydroxylation is 1. The summed E-state index contributed by atoms with van der Waals surface area (Å²) in [5.74, 6) is 5.45. The van der Waals surface area contributed by atoms with Gasteiger partial charge >= 0.3 is 0 Å². The maximum atomic E-state index is 12.0. The number of hydrogen-bond donors (Lipinski definition) is 2. The van der Waals surface area contributed by atoms with Crippen molar-refractivity contribution in [3.63, 3.8) is 0 Å². The Labute approximate surface area is 142 Å². The molecule has 0 bridgehead atoms. The van der Waals surface area contributed by atoms with Gasteiger partial charge in [0.2, 0.25) is 11.1 Å². The van der Waals surface area contributed by atoms with Gasteiger partial charge in [-0.2, -0.15) is 4.68 Å². The van der Waals surface area contributed by atoms with Crippen LogP contribution in [0.3, 0.4) is 0 Å². The number of nitrogens with one attached hydrogen (secondary N) is 1. The summed E-state index contributed by atoms with van der Waals surface area (Å²) in [7, 11) is 0. The number of hydrogen-bond acceptors (Lipinski definition) is 6. The second-order valence-corrected chi connectivity index (χ2v) is 6.19. The highest BCUT2D eigenvalue weighted by Crippen LogP contribution is 2.22. The highest BCUT2D eigenvalue weighted by molar-refractivity contribution is 7.99. The number of aromatic nitrogens is 3. The number of amides is 1. The van der Waals surface area contributed by atoms with Crippen molar-refractivity contribution >= 4 is 29.3 Å². The van der Waals surface area contributed by atoms with E-state index in [4.69, 9.17) is 17.4 Å². The monoisotopic (exact) mass is 353 g/mol. The van der Waals surface area contributed by atoms with Gasteiger partial charge < -0.3 is 11.2 Å². The summed E-state index contributed by atoms with van der Waals surface area (Å²) in [6, 6.07) is 7.06. The van der Waals surface area contributed by atoms with Crippen LogP contribution in [0.15, 0.2) is 34.2 Å². The van der Waals surface area contributed by atoms with Gasteiger partial charge in [0.15, 0.2) is 0 Å². The van der Waals surface area contributed by atoms with Gasteiger partial charge in [0, 0.05) is 5.02 Å². The first-order chi connectivity index (χ1) is 10.9. The molecule has 1 atom stereocenters. The molecular formula is C14H16ClN5O2S. The van der Waals surface area contributed by atoms with Gasteiger partial charge in [0.25, 0.3) is 5.56 Å². The fraction of sp³-hybridized carbons (Fsp3) is 0.286. The molecule has 23 heavy (non-hydrogen) atoms. The van der Waals surface area contributed by atoms with Crippen molar-refractivity contribution in [3.05, 3.63) is 50.9 Å². The van der Waals surface area contributed by atoms with Gasteiger partial charge in [0.1, 0.15) is 5.69 Å². The zero-order valence-corrected chi connectivity index (χ0v) is 14.2. The minimum atomic E-state index is -0.438. The molecule has 0 saturated heterocycles. The van der Waals surface area contributed by atoms with Gasteiger partial charge in [-0.25, -0.2) is 0 Å². The summed E-state index contributed by atoms with van der Waals surface area (Å²) in [5.41, 5.74) is 0.597. The lowest BCUT2D eigenvalue weighted by molar-refractivity contribution is -0.119. The maximum Gasteiger partial charge on any atom is 0.294 e. The van der Waals surface area contributed by atoms with Crippen LogP contribution in [0.25, 0.3) is 0 Å². The van der Waals surface area contributed by atoms with E-state index < -0.39 is 5.56 Å². The molecule has 1 aromatic heterocycles. The summed E-state index contributed by atoms with van der Waals surface area (Å²) < 4.78 is 0.887. The van der Waals surface area contributed by atoms with E-state index in [0.29, 0.717) is 5.02 Å². The predicted octanol–water partition coefficient (Wildman–Crippen LogP) is 1.28. The molecule has 0 aliphatic carbocycles. The fourth-order valence-electron chi connectivity index (χ4n) is 1.89. The molecule has 1 aromatic carbocycles. The van der Waals surface area contributed by atoms with Gasteiger partial charge in [0.05, 0.1) is 11.8 Å². The molecule has 2 rings (SSSR count). The summed E-state index contributed by atoms with van der Waals surface area (Å²) in [6.45, 7) is 3.36. The maximum absolute atomic E-state index is 12.0. The van der Waals surface area contributed by atoms with Crippen LogP contribution < -0.4 is 16.7 Å². The number of carbonyl (C=O) groups is 1. The lowest BCUT2D eigenvalue weighted by atomic mass is 10.1. The van der Waals surface area contributed by atoms with Gasteiger partial charge in [-0.05, 0) is 25.5 Å². The van der Waals surface area contributed by atoms with E-state index in [2.05, 4.69) is 15.5 Å². The van der Waals surface area contributed by atoms with Crippen LogP contribution >= 0.6 is 23.4 Å². The lowest BCUT2D eigenvalue weighted by Gasteiger charge is -2.15. The molecule has 122 valence electrons. The van der Waals surface area contributed by atoms with Crippen molar-refractivity contribution < 1.29 is 4.79 Å². The first-order valence-electron chi connectivity index (χ1n) is 6.78. The third-order valence-corrected chi connectivity index (χ3v) is 4.39. The Balaban J connectivity index is 1.97. The normalized spacial score (nSPS) is 12.0. The van der Waals surface area contributed by atoms with Crippen LogP contribution in [0.1, 0.15) is 24.2 Å². The number of thioether (sulfide) groups is 1. The van der Waals surface area contributed by atoms with Gasteiger partial charge in [-0.3, -0.25) is 9.59 Å². The average Bonchev–Trinajstić information content (AvgIpc) is 2.52. The SMILES string of the molecule is Cc1nnc(SCC(=O)N[C@H](C)c2ccccc2Cl)n(N)c1=O. The fourth-order valence-corrected chi connectivity index (χ4v) is 2.85. The van der Waals surface area contributed by atoms with Crippen LogP contribution in [0, 0.1) is 6.92 Å². The first-order valence-corrected chi connectivity index (χ1v) is 8.14. The van der Waals surface area contributed by atoms with E-state index in [-0.39, 0.29) is 28.6 Å². The standard InChI is InChI=1S/C14H16ClN5O2S/c1-8(10-5-3-4-6-11(10)15)17-12(21)7-23-14-19-18-9(2)13(22)20(14)16/h3-6,8H,7,16H2,1-2H3,(H,17,21)/t8-/m1/s1. The molecule has 3 N–H and O–H groups in total. The smallest absolute Gasteiger partial charge is 0.294 e. The molecule has 0 radical (unpaired) electrons. The van der Waals surface area contributed by atoms with Crippen LogP contribution in [0.2, 0.25) is 5.02 Å². The zero-order valence-electron chi connectivity index (χ0n) is 12.6. The largest absolute Gasteiger partial charge is 0.349 e. The summed E-state index contributed by atoms with van der Waals surface area (Å²) >= 11 is 7.14. The third-order valence-electron chi connectivity index (χ3n) is 3.10. The minimum Gasteiger partial charge on any atom is -0.349 e. The topological polar surface area (TPSA) is 103 Å². The molecule has 0 spiro atoms. The number of halogens is 1. The lowest BCUT2D eigenvalue weighted by Crippen LogP contribution is -2.33. The molecule has 9 heteroatoms. The zero-order chi connectivity index (χ0) is 17.0. The van der Waals surface area contributed by atoms with Crippen molar-refractivity contribution in [2.45, 2.75) is 25.0 Å². The third kappa shape index (κ3) is 4.23. The van der Waals surface area contributed by atoms with Crippen molar-refractivity contribution in [2.24, 2.45) is 0 Å². The van der Waals surface area contributed by atoms with Crippen LogP contribution in [-0.4, -0.2) is 26.5 Å². The molecule has 2 aromatic rings. The Morgan fingerprint density at radius 3 is 2.83 bits per heavy atom. The molecule has 0 aliphatic rings. The van der Waals surface area contributed by atoms with Crippen molar-refractivity contribution in [3.8, 4) is 0 Å². The molecule has 0 aliphatic heterocycles. The van der Waals surface area contributed by atoms with Crippen molar-refractivity contribution in [1.29, 1.82) is 0 Å². The quantitative estimate of drug-likeness (QED) is 0.620. The molecular weight excluding hydrogens is 338 g/mol. The number of nitrogens with zero attached hydrogens (tertiary/aromatic N) is 3. The summed E-state index contributed by atoms with van der Waals surface area (Å²) in [6.07, 6.45) is 0. The molecule has 0 unspecified atom stereocenters. The molecule has 0 saturated carbocycles. The van der Waals surface area contributed by atoms with E-state index in [9.17, 15) is 9.59 Å². The Morgan fingerprint density at radius 2 is 2.13 bits per heavy atom. The molecule has 1 heterocycles. The van der Waals surface area contributed by atoms with E-state index in [0.717, 1.165) is 22.0 Å². The summed E-state index contributed by atoms with van der Waals surface area (Å²) in [4.78, 5) is 23.7. The number of carbonyl (C=O) groups excluding carboxylic acids is 1. The minimum absolute atomic E-state index is 0.0587. The van der Waals surface area contributed by atoms with Crippen LogP contribution in [0.5, 0.6) is 0 Å². The average molecular weight is 354 g/mol. The molecule has 7 nitrogen and oxygen atoms in total. The van der Waals surface area contributed by atoms with Gasteiger partial charge in [-0.15, -0.1) is 10.2 Å². The van der Waals surface area contributed by atoms with Crippen LogP contribution in [-0.2, 0) is 4.79 Å². The number of nitrogens with two attached hydrogens (primary N) is 1. The Kier molecular flexibility index (Phi) is 5.62. The van der Waals surface area contributed by atoms with Crippen molar-refractivity contribution in [2.75, 3.05) is 11.6 Å². The summed E-state index contributed by atoms with van der Waals surface area (Å²) in [5, 5.41) is 11.1. The molecule has 1 amide bonds. The van der Waals surface area contributed by atoms with Gasteiger partial charge in [-0.1, -0.05) is 41.6 Å². The second-order valence-electron chi connectivity index (χ2n) is 4.84. The highest BCUT2D eigenvalue weighted by Gasteiger charge is 2.14. The van der Waals surface area contributed by atoms with Crippen molar-refractivity contribution in [1.82, 2.24) is 20.2 Å². The van der Waals surface area contributed by atoms with E-state index in [1.807, 2.05) is 25.1 Å². The highest BCUT2D eigenvalue weighted by atomic mass is 35.5. The van der Waals surface area contributed by atoms with E-state index in [1.165, 1.54) is 6.92 Å². The number of benzene rings is 1. The predicted molar refractivity (Wildman–Crippen MR) is 89.9 cm³/mol. The Hall–Kier alpha value is -2.06. The first kappa shape index (κ1) is 17.3. The number of rotatable bonds is 5. The van der Waals surface area contributed by atoms with Crippen LogP contribution in [0.4, 0.5) is 0 Å². The second kappa shape index (κ2) is 7.47. The molecule has 0 fully saturated rings. The van der Waals surface area contributed by atoms with E-state index >= 15 is 0 Å². The number of nitrogen functional groups attached to an aromatic ring is 1. The van der Waals surface area contributed by atoms with E-state index in [1.54, 1.807) is 6.07 Å². The Morgan fingerprint density at radius 1 is 1.43 bits per heavy atom.